The Morgan fingerprint density at radius 2 is 2.07 bits per heavy atom. The quantitative estimate of drug-likeness (QED) is 0.538. The van der Waals surface area contributed by atoms with Crippen LogP contribution in [0.3, 0.4) is 0 Å². The van der Waals surface area contributed by atoms with E-state index >= 15 is 0 Å². The van der Waals surface area contributed by atoms with E-state index in [1.54, 1.807) is 17.9 Å². The Bertz CT molecular complexity index is 232. The molecule has 4 heteroatoms. The highest BCUT2D eigenvalue weighted by Gasteiger charge is 2.21. The number of ether oxygens (including phenoxy) is 1. The highest BCUT2D eigenvalue weighted by molar-refractivity contribution is 7.80. The first-order valence-corrected chi connectivity index (χ1v) is 5.43. The first-order valence-electron chi connectivity index (χ1n) is 4.91. The van der Waals surface area contributed by atoms with Gasteiger partial charge < -0.3 is 9.64 Å². The van der Waals surface area contributed by atoms with Crippen molar-refractivity contribution in [2.75, 3.05) is 13.1 Å². The monoisotopic (exact) mass is 215 g/mol. The first kappa shape index (κ1) is 11.4. The summed E-state index contributed by atoms with van der Waals surface area (Å²) in [6, 6.07) is 0. The maximum absolute atomic E-state index is 11.5. The summed E-state index contributed by atoms with van der Waals surface area (Å²) in [6.45, 7) is 5.14. The summed E-state index contributed by atoms with van der Waals surface area (Å²) >= 11 is 4.37. The summed E-state index contributed by atoms with van der Waals surface area (Å²) in [5.41, 5.74) is 0. The van der Waals surface area contributed by atoms with Gasteiger partial charge in [0.05, 0.1) is 0 Å². The Balaban J connectivity index is 2.38. The Hall–Kier alpha value is -0.640. The summed E-state index contributed by atoms with van der Waals surface area (Å²) in [4.78, 5) is 13.2. The second-order valence-electron chi connectivity index (χ2n) is 3.49. The van der Waals surface area contributed by atoms with Gasteiger partial charge in [0.15, 0.2) is 0 Å². The average Bonchev–Trinajstić information content (AvgIpc) is 2.18. The van der Waals surface area contributed by atoms with Crippen molar-refractivity contribution in [1.82, 2.24) is 4.90 Å². The van der Waals surface area contributed by atoms with E-state index < -0.39 is 0 Å². The van der Waals surface area contributed by atoms with Gasteiger partial charge in [-0.2, -0.15) is 12.6 Å². The molecule has 3 nitrogen and oxygen atoms in total. The highest BCUT2D eigenvalue weighted by Crippen LogP contribution is 2.16. The molecule has 0 N–H and O–H groups in total. The van der Waals surface area contributed by atoms with Crippen molar-refractivity contribution in [3.05, 3.63) is 11.8 Å². The van der Waals surface area contributed by atoms with Gasteiger partial charge >= 0.3 is 6.09 Å². The molecule has 14 heavy (non-hydrogen) atoms. The summed E-state index contributed by atoms with van der Waals surface area (Å²) in [7, 11) is 0. The molecule has 1 heterocycles. The lowest BCUT2D eigenvalue weighted by Gasteiger charge is -2.28. The van der Waals surface area contributed by atoms with Gasteiger partial charge in [-0.25, -0.2) is 4.79 Å². The number of thiol groups is 1. The molecule has 0 aromatic heterocycles. The summed E-state index contributed by atoms with van der Waals surface area (Å²) < 4.78 is 5.10. The Kier molecular flexibility index (Phi) is 4.32. The molecule has 0 bridgehead atoms. The average molecular weight is 215 g/mol. The number of rotatable bonds is 1. The van der Waals surface area contributed by atoms with E-state index in [0.29, 0.717) is 11.0 Å². The number of hydrogen-bond donors (Lipinski definition) is 1. The molecule has 1 fully saturated rings. The molecule has 0 spiro atoms. The summed E-state index contributed by atoms with van der Waals surface area (Å²) in [5.74, 6) is 0.656. The number of allylic oxidation sites excluding steroid dienone is 2. The van der Waals surface area contributed by atoms with Gasteiger partial charge in [0.1, 0.15) is 5.76 Å². The van der Waals surface area contributed by atoms with E-state index in [4.69, 9.17) is 4.74 Å². The van der Waals surface area contributed by atoms with Crippen molar-refractivity contribution in [3.8, 4) is 0 Å². The molecule has 0 aromatic carbocycles. The second-order valence-corrected chi connectivity index (χ2v) is 4.22. The van der Waals surface area contributed by atoms with Gasteiger partial charge in [-0.1, -0.05) is 0 Å². The topological polar surface area (TPSA) is 29.5 Å². The van der Waals surface area contributed by atoms with Gasteiger partial charge in [-0.3, -0.25) is 0 Å². The van der Waals surface area contributed by atoms with Crippen LogP contribution in [0.4, 0.5) is 4.79 Å². The zero-order valence-electron chi connectivity index (χ0n) is 8.69. The lowest BCUT2D eigenvalue weighted by molar-refractivity contribution is 0.121. The molecule has 0 saturated carbocycles. The minimum absolute atomic E-state index is 0.235. The van der Waals surface area contributed by atoms with Crippen LogP contribution in [-0.2, 0) is 4.74 Å². The molecular weight excluding hydrogens is 198 g/mol. The molecule has 0 aromatic rings. The van der Waals surface area contributed by atoms with Gasteiger partial charge in [0.2, 0.25) is 0 Å². The molecule has 0 radical (unpaired) electrons. The molecule has 0 atom stereocenters. The standard InChI is InChI=1S/C10H17NO2S/c1-3-8(2)13-10(12)11-6-4-9(14)5-7-11/h3,9,14H,4-7H2,1-2H3/b8-3+. The van der Waals surface area contributed by atoms with E-state index in [0.717, 1.165) is 25.9 Å². The lowest BCUT2D eigenvalue weighted by Crippen LogP contribution is -2.38. The highest BCUT2D eigenvalue weighted by atomic mass is 32.1. The molecule has 1 aliphatic heterocycles. The van der Waals surface area contributed by atoms with Crippen molar-refractivity contribution in [3.63, 3.8) is 0 Å². The van der Waals surface area contributed by atoms with Crippen LogP contribution < -0.4 is 0 Å². The Morgan fingerprint density at radius 3 is 2.57 bits per heavy atom. The van der Waals surface area contributed by atoms with Crippen LogP contribution in [0, 0.1) is 0 Å². The fourth-order valence-corrected chi connectivity index (χ4v) is 1.54. The third-order valence-electron chi connectivity index (χ3n) is 2.38. The smallest absolute Gasteiger partial charge is 0.414 e. The van der Waals surface area contributed by atoms with Crippen molar-refractivity contribution >= 4 is 18.7 Å². The number of amides is 1. The predicted molar refractivity (Wildman–Crippen MR) is 59.5 cm³/mol. The Morgan fingerprint density at radius 1 is 1.50 bits per heavy atom. The molecule has 1 saturated heterocycles. The van der Waals surface area contributed by atoms with Crippen LogP contribution in [0.2, 0.25) is 0 Å². The number of hydrogen-bond acceptors (Lipinski definition) is 3. The van der Waals surface area contributed by atoms with Crippen LogP contribution in [0.25, 0.3) is 0 Å². The third kappa shape index (κ3) is 3.25. The maximum Gasteiger partial charge on any atom is 0.414 e. The maximum atomic E-state index is 11.5. The van der Waals surface area contributed by atoms with Crippen LogP contribution in [0.1, 0.15) is 26.7 Å². The zero-order valence-corrected chi connectivity index (χ0v) is 9.59. The molecule has 1 amide bonds. The van der Waals surface area contributed by atoms with E-state index in [-0.39, 0.29) is 6.09 Å². The van der Waals surface area contributed by atoms with E-state index in [1.807, 2.05) is 6.92 Å². The molecule has 80 valence electrons. The lowest BCUT2D eigenvalue weighted by atomic mass is 10.1. The SMILES string of the molecule is C/C=C(\C)OC(=O)N1CCC(S)CC1. The van der Waals surface area contributed by atoms with Crippen molar-refractivity contribution < 1.29 is 9.53 Å². The number of piperidine rings is 1. The van der Waals surface area contributed by atoms with E-state index in [9.17, 15) is 4.79 Å². The van der Waals surface area contributed by atoms with Gasteiger partial charge in [0.25, 0.3) is 0 Å². The molecular formula is C10H17NO2S. The summed E-state index contributed by atoms with van der Waals surface area (Å²) in [6.07, 6.45) is 3.45. The second kappa shape index (κ2) is 5.29. The fourth-order valence-electron chi connectivity index (χ4n) is 1.31. The molecule has 0 aliphatic carbocycles. The minimum Gasteiger partial charge on any atom is -0.415 e. The van der Waals surface area contributed by atoms with Crippen LogP contribution in [0.5, 0.6) is 0 Å². The van der Waals surface area contributed by atoms with Crippen molar-refractivity contribution in [2.24, 2.45) is 0 Å². The van der Waals surface area contributed by atoms with Gasteiger partial charge in [-0.15, -0.1) is 0 Å². The molecule has 1 aliphatic rings. The van der Waals surface area contributed by atoms with Crippen molar-refractivity contribution in [1.29, 1.82) is 0 Å². The largest absolute Gasteiger partial charge is 0.415 e. The third-order valence-corrected chi connectivity index (χ3v) is 2.89. The number of carbonyl (C=O) groups excluding carboxylic acids is 1. The van der Waals surface area contributed by atoms with Gasteiger partial charge in [-0.05, 0) is 32.8 Å². The number of likely N-dealkylation sites (tertiary alicyclic amines) is 1. The minimum atomic E-state index is -0.235. The Labute approximate surface area is 90.5 Å². The van der Waals surface area contributed by atoms with Crippen LogP contribution >= 0.6 is 12.6 Å². The number of carbonyl (C=O) groups is 1. The van der Waals surface area contributed by atoms with Gasteiger partial charge in [0, 0.05) is 18.3 Å². The predicted octanol–water partition coefficient (Wildman–Crippen LogP) is 2.44. The fraction of sp³-hybridized carbons (Fsp3) is 0.700. The zero-order chi connectivity index (χ0) is 10.6. The van der Waals surface area contributed by atoms with E-state index in [1.165, 1.54) is 0 Å². The summed E-state index contributed by atoms with van der Waals surface area (Å²) in [5, 5.41) is 0.432. The van der Waals surface area contributed by atoms with Crippen LogP contribution in [0.15, 0.2) is 11.8 Å². The molecule has 0 unspecified atom stereocenters. The molecule has 1 rings (SSSR count). The van der Waals surface area contributed by atoms with Crippen molar-refractivity contribution in [2.45, 2.75) is 31.9 Å². The van der Waals surface area contributed by atoms with Crippen LogP contribution in [-0.4, -0.2) is 29.3 Å². The van der Waals surface area contributed by atoms with E-state index in [2.05, 4.69) is 12.6 Å². The number of nitrogens with zero attached hydrogens (tertiary/aromatic N) is 1. The normalized spacial score (nSPS) is 19.6. The first-order chi connectivity index (χ1) is 6.63.